The highest BCUT2D eigenvalue weighted by atomic mass is 16.7. The summed E-state index contributed by atoms with van der Waals surface area (Å²) in [6.07, 6.45) is 63.8. The molecule has 0 aliphatic carbocycles. The molecule has 0 bridgehead atoms. The first-order valence-electron chi connectivity index (χ1n) is 31.7. The molecular formula is C64H121NO8. The quantitative estimate of drug-likeness (QED) is 0.0261. The van der Waals surface area contributed by atoms with Gasteiger partial charge in [0.05, 0.1) is 25.4 Å². The number of unbranched alkanes of at least 4 members (excludes halogenated alkanes) is 41. The molecule has 0 aromatic rings. The normalized spacial score (nSPS) is 19.2. The molecule has 1 amide bonds. The highest BCUT2D eigenvalue weighted by Gasteiger charge is 2.44. The number of hydrogen-bond donors (Lipinski definition) is 6. The minimum Gasteiger partial charge on any atom is -0.394 e. The van der Waals surface area contributed by atoms with E-state index in [1.54, 1.807) is 6.08 Å². The average Bonchev–Trinajstić information content (AvgIpc) is 3.39. The molecule has 1 aliphatic rings. The van der Waals surface area contributed by atoms with Crippen LogP contribution in [0.1, 0.15) is 309 Å². The number of amides is 1. The van der Waals surface area contributed by atoms with Crippen molar-refractivity contribution in [2.45, 2.75) is 352 Å². The minimum atomic E-state index is -1.57. The second-order valence-electron chi connectivity index (χ2n) is 22.2. The highest BCUT2D eigenvalue weighted by Crippen LogP contribution is 2.23. The van der Waals surface area contributed by atoms with Gasteiger partial charge in [-0.05, 0) is 51.4 Å². The molecule has 0 radical (unpaired) electrons. The van der Waals surface area contributed by atoms with Crippen molar-refractivity contribution < 1.29 is 39.8 Å². The standard InChI is InChI=1S/C64H121NO8/c1-3-5-7-9-11-13-15-17-19-21-22-23-24-25-26-27-28-29-30-31-32-33-34-35-36-38-39-41-43-45-47-49-51-53-58(67)57(56-72-64-63(71)62(70)61(69)59(55-66)73-64)65-60(68)54-52-50-48-46-44-42-40-37-20-18-16-14-12-10-8-6-4-2/h12,14,18,20,51,53,57-59,61-64,66-67,69-71H,3-11,13,15-17,19,21-50,52,54-56H2,1-2H3,(H,65,68)/b14-12-,20-18-,53-51+. The van der Waals surface area contributed by atoms with Crippen molar-refractivity contribution in [2.24, 2.45) is 0 Å². The third-order valence-corrected chi connectivity index (χ3v) is 15.2. The lowest BCUT2D eigenvalue weighted by atomic mass is 9.99. The van der Waals surface area contributed by atoms with Crippen LogP contribution in [0.15, 0.2) is 36.5 Å². The second-order valence-corrected chi connectivity index (χ2v) is 22.2. The maximum atomic E-state index is 13.1. The lowest BCUT2D eigenvalue weighted by molar-refractivity contribution is -0.302. The van der Waals surface area contributed by atoms with Gasteiger partial charge in [-0.2, -0.15) is 0 Å². The molecule has 9 heteroatoms. The molecule has 0 aromatic heterocycles. The van der Waals surface area contributed by atoms with E-state index in [1.807, 2.05) is 6.08 Å². The molecule has 0 aromatic carbocycles. The number of carbonyl (C=O) groups excluding carboxylic acids is 1. The van der Waals surface area contributed by atoms with Crippen molar-refractivity contribution in [1.82, 2.24) is 5.32 Å². The van der Waals surface area contributed by atoms with E-state index in [-0.39, 0.29) is 12.5 Å². The van der Waals surface area contributed by atoms with E-state index in [4.69, 9.17) is 9.47 Å². The van der Waals surface area contributed by atoms with E-state index in [1.165, 1.54) is 231 Å². The van der Waals surface area contributed by atoms with Crippen molar-refractivity contribution >= 4 is 5.91 Å². The fourth-order valence-corrected chi connectivity index (χ4v) is 10.2. The Hall–Kier alpha value is -1.59. The zero-order valence-corrected chi connectivity index (χ0v) is 47.9. The van der Waals surface area contributed by atoms with Gasteiger partial charge in [-0.1, -0.05) is 288 Å². The van der Waals surface area contributed by atoms with Crippen molar-refractivity contribution in [3.05, 3.63) is 36.5 Å². The topological polar surface area (TPSA) is 149 Å². The molecular weight excluding hydrogens is 911 g/mol. The van der Waals surface area contributed by atoms with E-state index in [9.17, 15) is 30.3 Å². The summed E-state index contributed by atoms with van der Waals surface area (Å²) in [6.45, 7) is 3.78. The Labute approximate surface area is 451 Å². The Morgan fingerprint density at radius 3 is 1.21 bits per heavy atom. The van der Waals surface area contributed by atoms with E-state index < -0.39 is 49.5 Å². The van der Waals surface area contributed by atoms with E-state index in [0.717, 1.165) is 57.8 Å². The van der Waals surface area contributed by atoms with Gasteiger partial charge in [0.1, 0.15) is 24.4 Å². The third-order valence-electron chi connectivity index (χ3n) is 15.2. The van der Waals surface area contributed by atoms with Gasteiger partial charge in [-0.3, -0.25) is 4.79 Å². The van der Waals surface area contributed by atoms with E-state index in [0.29, 0.717) is 6.42 Å². The molecule has 1 aliphatic heterocycles. The summed E-state index contributed by atoms with van der Waals surface area (Å²) in [5, 5.41) is 54.6. The monoisotopic (exact) mass is 1030 g/mol. The summed E-state index contributed by atoms with van der Waals surface area (Å²) in [4.78, 5) is 13.1. The summed E-state index contributed by atoms with van der Waals surface area (Å²) in [5.41, 5.74) is 0. The average molecular weight is 1030 g/mol. The summed E-state index contributed by atoms with van der Waals surface area (Å²) in [5.74, 6) is -0.182. The largest absolute Gasteiger partial charge is 0.394 e. The maximum absolute atomic E-state index is 13.1. The number of hydrogen-bond acceptors (Lipinski definition) is 8. The number of nitrogens with one attached hydrogen (secondary N) is 1. The molecule has 430 valence electrons. The third kappa shape index (κ3) is 43.1. The van der Waals surface area contributed by atoms with Crippen molar-refractivity contribution in [1.29, 1.82) is 0 Å². The van der Waals surface area contributed by atoms with Crippen LogP contribution in [0.4, 0.5) is 0 Å². The van der Waals surface area contributed by atoms with Crippen LogP contribution in [0.2, 0.25) is 0 Å². The SMILES string of the molecule is CCCCC/C=C\C/C=C\CCCCCCCCCC(=O)NC(COC1OC(CO)C(O)C(O)C1O)C(O)/C=C/CCCCCCCCCCCCCCCCCCCCCCCCCCCCCCCCC. The maximum Gasteiger partial charge on any atom is 0.220 e. The molecule has 1 heterocycles. The summed E-state index contributed by atoms with van der Waals surface area (Å²) in [7, 11) is 0. The van der Waals surface area contributed by atoms with Crippen LogP contribution in [0.25, 0.3) is 0 Å². The second kappa shape index (κ2) is 53.8. The Morgan fingerprint density at radius 1 is 0.466 bits per heavy atom. The smallest absolute Gasteiger partial charge is 0.220 e. The summed E-state index contributed by atoms with van der Waals surface area (Å²) < 4.78 is 11.3. The number of aliphatic hydroxyl groups is 5. The number of allylic oxidation sites excluding steroid dienone is 5. The highest BCUT2D eigenvalue weighted by molar-refractivity contribution is 5.76. The van der Waals surface area contributed by atoms with Crippen molar-refractivity contribution in [3.63, 3.8) is 0 Å². The molecule has 7 unspecified atom stereocenters. The van der Waals surface area contributed by atoms with Crippen LogP contribution in [-0.4, -0.2) is 87.5 Å². The Bertz CT molecular complexity index is 1240. The molecule has 0 spiro atoms. The van der Waals surface area contributed by atoms with Gasteiger partial charge in [0, 0.05) is 6.42 Å². The fourth-order valence-electron chi connectivity index (χ4n) is 10.2. The van der Waals surface area contributed by atoms with E-state index in [2.05, 4.69) is 43.5 Å². The molecule has 1 saturated heterocycles. The molecule has 6 N–H and O–H groups in total. The Morgan fingerprint density at radius 2 is 0.808 bits per heavy atom. The van der Waals surface area contributed by atoms with Crippen LogP contribution in [0, 0.1) is 0 Å². The molecule has 73 heavy (non-hydrogen) atoms. The predicted molar refractivity (Wildman–Crippen MR) is 309 cm³/mol. The van der Waals surface area contributed by atoms with Crippen LogP contribution in [0.3, 0.4) is 0 Å². The van der Waals surface area contributed by atoms with Gasteiger partial charge >= 0.3 is 0 Å². The Balaban J connectivity index is 2.13. The van der Waals surface area contributed by atoms with Crippen molar-refractivity contribution in [2.75, 3.05) is 13.2 Å². The number of ether oxygens (including phenoxy) is 2. The summed E-state index contributed by atoms with van der Waals surface area (Å²) in [6, 6.07) is -0.810. The molecule has 1 rings (SSSR count). The number of carbonyl (C=O) groups is 1. The van der Waals surface area contributed by atoms with Gasteiger partial charge in [-0.15, -0.1) is 0 Å². The first kappa shape index (κ1) is 69.4. The lowest BCUT2D eigenvalue weighted by Crippen LogP contribution is -2.60. The Kier molecular flexibility index (Phi) is 51.2. The van der Waals surface area contributed by atoms with Gasteiger partial charge < -0.3 is 40.3 Å². The van der Waals surface area contributed by atoms with Crippen LogP contribution in [-0.2, 0) is 14.3 Å². The fraction of sp³-hybridized carbons (Fsp3) is 0.891. The summed E-state index contributed by atoms with van der Waals surface area (Å²) >= 11 is 0. The minimum absolute atomic E-state index is 0.182. The van der Waals surface area contributed by atoms with Crippen LogP contribution >= 0.6 is 0 Å². The first-order chi connectivity index (χ1) is 35.8. The van der Waals surface area contributed by atoms with Gasteiger partial charge in [0.25, 0.3) is 0 Å². The van der Waals surface area contributed by atoms with Gasteiger partial charge in [0.2, 0.25) is 5.91 Å². The van der Waals surface area contributed by atoms with E-state index >= 15 is 0 Å². The number of aliphatic hydroxyl groups excluding tert-OH is 5. The van der Waals surface area contributed by atoms with Gasteiger partial charge in [-0.25, -0.2) is 0 Å². The first-order valence-corrected chi connectivity index (χ1v) is 31.7. The van der Waals surface area contributed by atoms with Crippen LogP contribution in [0.5, 0.6) is 0 Å². The zero-order valence-electron chi connectivity index (χ0n) is 47.9. The lowest BCUT2D eigenvalue weighted by Gasteiger charge is -2.40. The molecule has 9 nitrogen and oxygen atoms in total. The van der Waals surface area contributed by atoms with Gasteiger partial charge in [0.15, 0.2) is 6.29 Å². The van der Waals surface area contributed by atoms with Crippen LogP contribution < -0.4 is 5.32 Å². The zero-order chi connectivity index (χ0) is 52.9. The number of rotatable bonds is 55. The molecule has 0 saturated carbocycles. The molecule has 1 fully saturated rings. The van der Waals surface area contributed by atoms with Crippen molar-refractivity contribution in [3.8, 4) is 0 Å². The predicted octanol–water partition coefficient (Wildman–Crippen LogP) is 16.3. The molecule has 7 atom stereocenters.